The highest BCUT2D eigenvalue weighted by Gasteiger charge is 2.34. The molecule has 0 amide bonds. The van der Waals surface area contributed by atoms with E-state index in [0.717, 1.165) is 23.1 Å². The van der Waals surface area contributed by atoms with Gasteiger partial charge in [-0.05, 0) is 29.5 Å². The minimum Gasteiger partial charge on any atom is -0.421 e. The number of rotatable bonds is 2. The second-order valence-electron chi connectivity index (χ2n) is 6.08. The molecule has 1 aliphatic heterocycles. The minimum atomic E-state index is -3.79. The SMILES string of the molecule is CCC(C)(C)c1ccc2c(c1)OP(=O)(O)c1ccccc1-2. The third kappa shape index (κ3) is 2.31. The molecule has 0 saturated carbocycles. The molecule has 1 unspecified atom stereocenters. The van der Waals surface area contributed by atoms with Crippen LogP contribution in [0.2, 0.25) is 0 Å². The first-order valence-electron chi connectivity index (χ1n) is 7.12. The lowest BCUT2D eigenvalue weighted by Gasteiger charge is -2.28. The van der Waals surface area contributed by atoms with Gasteiger partial charge in [0.15, 0.2) is 0 Å². The molecule has 0 saturated heterocycles. The van der Waals surface area contributed by atoms with E-state index in [-0.39, 0.29) is 5.41 Å². The Morgan fingerprint density at radius 1 is 1.14 bits per heavy atom. The van der Waals surface area contributed by atoms with E-state index in [4.69, 9.17) is 4.52 Å². The first-order valence-corrected chi connectivity index (χ1v) is 8.70. The summed E-state index contributed by atoms with van der Waals surface area (Å²) in [7, 11) is -3.79. The van der Waals surface area contributed by atoms with Crippen molar-refractivity contribution >= 4 is 12.9 Å². The molecule has 0 aliphatic carbocycles. The highest BCUT2D eigenvalue weighted by atomic mass is 31.2. The number of benzene rings is 2. The van der Waals surface area contributed by atoms with Crippen LogP contribution < -0.4 is 9.83 Å². The van der Waals surface area contributed by atoms with E-state index in [9.17, 15) is 9.46 Å². The van der Waals surface area contributed by atoms with Gasteiger partial charge in [0.05, 0.1) is 5.30 Å². The van der Waals surface area contributed by atoms with Crippen molar-refractivity contribution < 1.29 is 14.0 Å². The van der Waals surface area contributed by atoms with Gasteiger partial charge in [0.2, 0.25) is 0 Å². The molecule has 2 aromatic rings. The smallest absolute Gasteiger partial charge is 0.408 e. The Labute approximate surface area is 125 Å². The standard InChI is InChI=1S/C17H19O3P/c1-4-17(2,3)12-9-10-13-14-7-5-6-8-16(14)21(18,19)20-15(13)11-12/h5-11H,4H2,1-3H3,(H,18,19). The average Bonchev–Trinajstić information content (AvgIpc) is 2.46. The summed E-state index contributed by atoms with van der Waals surface area (Å²) >= 11 is 0. The van der Waals surface area contributed by atoms with Gasteiger partial charge in [-0.15, -0.1) is 0 Å². The second kappa shape index (κ2) is 4.72. The predicted octanol–water partition coefficient (Wildman–Crippen LogP) is 4.24. The van der Waals surface area contributed by atoms with Crippen LogP contribution in [0.5, 0.6) is 5.75 Å². The molecule has 3 nitrogen and oxygen atoms in total. The molecule has 110 valence electrons. The maximum atomic E-state index is 12.4. The predicted molar refractivity (Wildman–Crippen MR) is 85.3 cm³/mol. The Hall–Kier alpha value is -1.57. The molecule has 1 atom stereocenters. The van der Waals surface area contributed by atoms with Crippen LogP contribution in [-0.2, 0) is 9.98 Å². The summed E-state index contributed by atoms with van der Waals surface area (Å²) in [5.41, 5.74) is 2.78. The molecule has 0 spiro atoms. The Kier molecular flexibility index (Phi) is 3.23. The zero-order chi connectivity index (χ0) is 15.3. The van der Waals surface area contributed by atoms with E-state index < -0.39 is 7.60 Å². The van der Waals surface area contributed by atoms with Gasteiger partial charge in [-0.25, -0.2) is 4.57 Å². The molecule has 0 fully saturated rings. The van der Waals surface area contributed by atoms with Crippen LogP contribution in [0.3, 0.4) is 0 Å². The fourth-order valence-electron chi connectivity index (χ4n) is 2.58. The lowest BCUT2D eigenvalue weighted by Crippen LogP contribution is -2.19. The average molecular weight is 302 g/mol. The molecule has 1 aliphatic rings. The van der Waals surface area contributed by atoms with Crippen molar-refractivity contribution in [2.75, 3.05) is 0 Å². The van der Waals surface area contributed by atoms with Gasteiger partial charge in [-0.2, -0.15) is 0 Å². The van der Waals surface area contributed by atoms with Gasteiger partial charge in [0.1, 0.15) is 5.75 Å². The molecule has 4 heteroatoms. The number of hydrogen-bond donors (Lipinski definition) is 1. The van der Waals surface area contributed by atoms with E-state index in [1.807, 2.05) is 24.3 Å². The van der Waals surface area contributed by atoms with Crippen LogP contribution in [0.1, 0.15) is 32.8 Å². The van der Waals surface area contributed by atoms with Crippen LogP contribution in [0.15, 0.2) is 42.5 Å². The van der Waals surface area contributed by atoms with Crippen molar-refractivity contribution in [2.45, 2.75) is 32.6 Å². The van der Waals surface area contributed by atoms with E-state index in [1.165, 1.54) is 0 Å². The van der Waals surface area contributed by atoms with Crippen LogP contribution in [0.25, 0.3) is 11.1 Å². The summed E-state index contributed by atoms with van der Waals surface area (Å²) in [5, 5.41) is 0.375. The summed E-state index contributed by atoms with van der Waals surface area (Å²) in [6, 6.07) is 13.1. The van der Waals surface area contributed by atoms with Crippen molar-refractivity contribution in [3.63, 3.8) is 0 Å². The van der Waals surface area contributed by atoms with Gasteiger partial charge >= 0.3 is 7.60 Å². The van der Waals surface area contributed by atoms with E-state index in [1.54, 1.807) is 12.1 Å². The molecule has 0 bridgehead atoms. The molecule has 3 rings (SSSR count). The van der Waals surface area contributed by atoms with Crippen LogP contribution in [-0.4, -0.2) is 4.89 Å². The van der Waals surface area contributed by atoms with E-state index >= 15 is 0 Å². The van der Waals surface area contributed by atoms with Crippen molar-refractivity contribution in [3.05, 3.63) is 48.0 Å². The summed E-state index contributed by atoms with van der Waals surface area (Å²) in [4.78, 5) is 10.2. The largest absolute Gasteiger partial charge is 0.421 e. The van der Waals surface area contributed by atoms with Gasteiger partial charge in [0.25, 0.3) is 0 Å². The minimum absolute atomic E-state index is 0.00873. The highest BCUT2D eigenvalue weighted by molar-refractivity contribution is 7.62. The van der Waals surface area contributed by atoms with Crippen LogP contribution in [0, 0.1) is 0 Å². The van der Waals surface area contributed by atoms with Crippen molar-refractivity contribution in [1.29, 1.82) is 0 Å². The summed E-state index contributed by atoms with van der Waals surface area (Å²) in [6.45, 7) is 6.45. The van der Waals surface area contributed by atoms with E-state index in [2.05, 4.69) is 26.8 Å². The molecule has 0 aromatic heterocycles. The zero-order valence-electron chi connectivity index (χ0n) is 12.5. The topological polar surface area (TPSA) is 46.5 Å². The van der Waals surface area contributed by atoms with Crippen LogP contribution >= 0.6 is 7.60 Å². The van der Waals surface area contributed by atoms with Gasteiger partial charge in [0, 0.05) is 11.1 Å². The van der Waals surface area contributed by atoms with Gasteiger partial charge < -0.3 is 9.42 Å². The molecule has 21 heavy (non-hydrogen) atoms. The highest BCUT2D eigenvalue weighted by Crippen LogP contribution is 2.52. The lowest BCUT2D eigenvalue weighted by atomic mass is 9.81. The Bertz CT molecular complexity index is 749. The van der Waals surface area contributed by atoms with Crippen LogP contribution in [0.4, 0.5) is 0 Å². The van der Waals surface area contributed by atoms with Crippen molar-refractivity contribution in [2.24, 2.45) is 0 Å². The normalized spacial score (nSPS) is 20.4. The number of fused-ring (bicyclic) bond motifs is 3. The summed E-state index contributed by atoms with van der Waals surface area (Å²) in [6.07, 6.45) is 0.985. The zero-order valence-corrected chi connectivity index (χ0v) is 13.4. The number of hydrogen-bond acceptors (Lipinski definition) is 2. The fraction of sp³-hybridized carbons (Fsp3) is 0.294. The quantitative estimate of drug-likeness (QED) is 0.844. The van der Waals surface area contributed by atoms with E-state index in [0.29, 0.717) is 11.1 Å². The maximum absolute atomic E-state index is 12.4. The Morgan fingerprint density at radius 2 is 1.86 bits per heavy atom. The molecular weight excluding hydrogens is 283 g/mol. The third-order valence-electron chi connectivity index (χ3n) is 4.37. The van der Waals surface area contributed by atoms with Gasteiger partial charge in [-0.1, -0.05) is 51.1 Å². The van der Waals surface area contributed by atoms with Gasteiger partial charge in [-0.3, -0.25) is 0 Å². The first kappa shape index (κ1) is 14.4. The maximum Gasteiger partial charge on any atom is 0.408 e. The Morgan fingerprint density at radius 3 is 2.57 bits per heavy atom. The molecular formula is C17H19O3P. The fourth-order valence-corrected chi connectivity index (χ4v) is 3.87. The third-order valence-corrected chi connectivity index (χ3v) is 5.81. The Balaban J connectivity index is 2.21. The molecule has 0 radical (unpaired) electrons. The molecule has 1 N–H and O–H groups in total. The molecule has 2 aromatic carbocycles. The first-order chi connectivity index (χ1) is 9.85. The van der Waals surface area contributed by atoms with Crippen molar-refractivity contribution in [1.82, 2.24) is 0 Å². The summed E-state index contributed by atoms with van der Waals surface area (Å²) < 4.78 is 17.8. The van der Waals surface area contributed by atoms with Crippen molar-refractivity contribution in [3.8, 4) is 16.9 Å². The second-order valence-corrected chi connectivity index (χ2v) is 7.78. The monoisotopic (exact) mass is 302 g/mol. The summed E-state index contributed by atoms with van der Waals surface area (Å²) in [5.74, 6) is 0.499. The lowest BCUT2D eigenvalue weighted by molar-refractivity contribution is 0.391. The molecule has 1 heterocycles.